The van der Waals surface area contributed by atoms with Crippen molar-refractivity contribution in [1.82, 2.24) is 4.57 Å². The number of nitrogens with zero attached hydrogens (tertiary/aromatic N) is 1. The number of rotatable bonds is 1. The second kappa shape index (κ2) is 3.01. The van der Waals surface area contributed by atoms with E-state index in [-0.39, 0.29) is 5.91 Å². The van der Waals surface area contributed by atoms with Gasteiger partial charge in [0.25, 0.3) is 5.91 Å². The molecule has 1 amide bonds. The maximum Gasteiger partial charge on any atom is 0.250 e. The Kier molecular flexibility index (Phi) is 1.59. The Labute approximate surface area is 104 Å². The van der Waals surface area contributed by atoms with Crippen molar-refractivity contribution < 1.29 is 4.79 Å². The molecule has 0 saturated heterocycles. The van der Waals surface area contributed by atoms with Crippen LogP contribution in [0.1, 0.15) is 5.69 Å². The SMILES string of the molecule is NC(=O)C1=CC2=CC2=Cn2c1cc1ccccc12. The van der Waals surface area contributed by atoms with E-state index < -0.39 is 0 Å². The number of para-hydroxylation sites is 1. The molecule has 2 N–H and O–H groups in total. The maximum absolute atomic E-state index is 11.6. The van der Waals surface area contributed by atoms with Gasteiger partial charge in [-0.25, -0.2) is 0 Å². The number of amides is 1. The zero-order chi connectivity index (χ0) is 12.3. The Balaban J connectivity index is 2.11. The minimum atomic E-state index is -0.387. The highest BCUT2D eigenvalue weighted by atomic mass is 16.1. The van der Waals surface area contributed by atoms with Crippen molar-refractivity contribution in [3.63, 3.8) is 0 Å². The minimum Gasteiger partial charge on any atom is -0.366 e. The second-order valence-corrected chi connectivity index (χ2v) is 4.56. The molecule has 2 aromatic rings. The number of nitrogens with two attached hydrogens (primary N) is 1. The third-order valence-electron chi connectivity index (χ3n) is 3.42. The highest BCUT2D eigenvalue weighted by Crippen LogP contribution is 2.38. The summed E-state index contributed by atoms with van der Waals surface area (Å²) >= 11 is 0. The quantitative estimate of drug-likeness (QED) is 0.808. The lowest BCUT2D eigenvalue weighted by Gasteiger charge is -2.05. The van der Waals surface area contributed by atoms with Crippen molar-refractivity contribution in [3.05, 3.63) is 59.3 Å². The molecule has 3 nitrogen and oxygen atoms in total. The van der Waals surface area contributed by atoms with Gasteiger partial charge in [-0.05, 0) is 35.4 Å². The summed E-state index contributed by atoms with van der Waals surface area (Å²) in [6.07, 6.45) is 5.96. The van der Waals surface area contributed by atoms with Crippen LogP contribution in [-0.2, 0) is 4.79 Å². The van der Waals surface area contributed by atoms with Gasteiger partial charge in [0.05, 0.1) is 16.8 Å². The minimum absolute atomic E-state index is 0.387. The normalized spacial score (nSPS) is 16.1. The van der Waals surface area contributed by atoms with Crippen molar-refractivity contribution in [2.45, 2.75) is 0 Å². The van der Waals surface area contributed by atoms with Crippen molar-refractivity contribution >= 4 is 28.6 Å². The van der Waals surface area contributed by atoms with Gasteiger partial charge in [-0.2, -0.15) is 0 Å². The predicted molar refractivity (Wildman–Crippen MR) is 71.5 cm³/mol. The Bertz CT molecular complexity index is 803. The van der Waals surface area contributed by atoms with Crippen LogP contribution in [0.15, 0.2) is 53.6 Å². The summed E-state index contributed by atoms with van der Waals surface area (Å²) in [7, 11) is 0. The second-order valence-electron chi connectivity index (χ2n) is 4.56. The molecular formula is C15H10N2O. The van der Waals surface area contributed by atoms with Gasteiger partial charge in [-0.1, -0.05) is 18.2 Å². The molecule has 2 aliphatic rings. The average molecular weight is 234 g/mol. The number of fused-ring (bicyclic) bond motifs is 4. The molecule has 1 aromatic heterocycles. The smallest absolute Gasteiger partial charge is 0.250 e. The summed E-state index contributed by atoms with van der Waals surface area (Å²) in [5.74, 6) is -0.387. The molecular weight excluding hydrogens is 224 g/mol. The number of aromatic nitrogens is 1. The van der Waals surface area contributed by atoms with Gasteiger partial charge in [0.2, 0.25) is 0 Å². The molecule has 2 heterocycles. The first-order valence-electron chi connectivity index (χ1n) is 5.80. The Morgan fingerprint density at radius 3 is 2.78 bits per heavy atom. The fourth-order valence-corrected chi connectivity index (χ4v) is 2.46. The first-order valence-corrected chi connectivity index (χ1v) is 5.80. The van der Waals surface area contributed by atoms with Crippen LogP contribution in [0, 0.1) is 0 Å². The molecule has 3 heteroatoms. The molecule has 0 radical (unpaired) electrons. The van der Waals surface area contributed by atoms with E-state index in [1.165, 1.54) is 0 Å². The lowest BCUT2D eigenvalue weighted by Crippen LogP contribution is -2.14. The number of hydrogen-bond acceptors (Lipinski definition) is 1. The van der Waals surface area contributed by atoms with Crippen LogP contribution in [-0.4, -0.2) is 10.5 Å². The van der Waals surface area contributed by atoms with Gasteiger partial charge in [0.1, 0.15) is 0 Å². The van der Waals surface area contributed by atoms with Crippen LogP contribution in [0.25, 0.3) is 22.7 Å². The summed E-state index contributed by atoms with van der Waals surface area (Å²) in [5.41, 5.74) is 10.3. The zero-order valence-electron chi connectivity index (χ0n) is 9.55. The Hall–Kier alpha value is -2.55. The van der Waals surface area contributed by atoms with Crippen LogP contribution in [0.5, 0.6) is 0 Å². The third kappa shape index (κ3) is 1.16. The van der Waals surface area contributed by atoms with E-state index in [1.54, 1.807) is 0 Å². The number of carbonyl (C=O) groups is 1. The van der Waals surface area contributed by atoms with Gasteiger partial charge < -0.3 is 10.3 Å². The first kappa shape index (κ1) is 9.48. The Morgan fingerprint density at radius 2 is 1.94 bits per heavy atom. The van der Waals surface area contributed by atoms with Crippen molar-refractivity contribution in [3.8, 4) is 0 Å². The number of allylic oxidation sites excluding steroid dienone is 4. The number of carbonyl (C=O) groups excluding carboxylic acids is 1. The van der Waals surface area contributed by atoms with Crippen LogP contribution in [0.4, 0.5) is 0 Å². The standard InChI is InChI=1S/C15H10N2O/c16-15(18)12-6-10-5-11(10)8-17-13-4-2-1-3-9(13)7-14(12)17/h1-8H,(H2,16,18). The number of benzene rings is 1. The molecule has 86 valence electrons. The van der Waals surface area contributed by atoms with E-state index in [0.717, 1.165) is 27.7 Å². The molecule has 1 aromatic carbocycles. The van der Waals surface area contributed by atoms with Crippen molar-refractivity contribution in [1.29, 1.82) is 0 Å². The van der Waals surface area contributed by atoms with E-state index in [2.05, 4.69) is 6.20 Å². The summed E-state index contributed by atoms with van der Waals surface area (Å²) < 4.78 is 2.04. The summed E-state index contributed by atoms with van der Waals surface area (Å²) in [6.45, 7) is 0. The molecule has 4 rings (SSSR count). The number of hydrogen-bond donors (Lipinski definition) is 1. The van der Waals surface area contributed by atoms with Crippen LogP contribution >= 0.6 is 0 Å². The summed E-state index contributed by atoms with van der Waals surface area (Å²) in [4.78, 5) is 11.6. The van der Waals surface area contributed by atoms with E-state index in [4.69, 9.17) is 5.73 Å². The van der Waals surface area contributed by atoms with Crippen molar-refractivity contribution in [2.75, 3.05) is 0 Å². The maximum atomic E-state index is 11.6. The van der Waals surface area contributed by atoms with Crippen LogP contribution < -0.4 is 5.73 Å². The number of primary amides is 1. The zero-order valence-corrected chi connectivity index (χ0v) is 9.55. The lowest BCUT2D eigenvalue weighted by atomic mass is 10.1. The molecule has 0 fully saturated rings. The van der Waals surface area contributed by atoms with Gasteiger partial charge in [0.15, 0.2) is 0 Å². The highest BCUT2D eigenvalue weighted by Gasteiger charge is 2.24. The molecule has 1 aliphatic heterocycles. The molecule has 0 atom stereocenters. The summed E-state index contributed by atoms with van der Waals surface area (Å²) in [5, 5.41) is 1.11. The molecule has 0 bridgehead atoms. The molecule has 0 spiro atoms. The van der Waals surface area contributed by atoms with Gasteiger partial charge in [-0.15, -0.1) is 0 Å². The predicted octanol–water partition coefficient (Wildman–Crippen LogP) is 2.30. The van der Waals surface area contributed by atoms with Crippen molar-refractivity contribution in [2.24, 2.45) is 5.73 Å². The van der Waals surface area contributed by atoms with E-state index >= 15 is 0 Å². The van der Waals surface area contributed by atoms with Gasteiger partial charge in [-0.3, -0.25) is 4.79 Å². The van der Waals surface area contributed by atoms with E-state index in [1.807, 2.05) is 47.1 Å². The lowest BCUT2D eigenvalue weighted by molar-refractivity contribution is -0.112. The fraction of sp³-hybridized carbons (Fsp3) is 0. The molecule has 1 aliphatic carbocycles. The molecule has 18 heavy (non-hydrogen) atoms. The third-order valence-corrected chi connectivity index (χ3v) is 3.42. The average Bonchev–Trinajstić information content (AvgIpc) is 3.02. The topological polar surface area (TPSA) is 48.0 Å². The first-order chi connectivity index (χ1) is 8.74. The Morgan fingerprint density at radius 1 is 1.11 bits per heavy atom. The fourth-order valence-electron chi connectivity index (χ4n) is 2.46. The largest absolute Gasteiger partial charge is 0.366 e. The van der Waals surface area contributed by atoms with Gasteiger partial charge >= 0.3 is 0 Å². The van der Waals surface area contributed by atoms with Crippen LogP contribution in [0.2, 0.25) is 0 Å². The summed E-state index contributed by atoms with van der Waals surface area (Å²) in [6, 6.07) is 10.1. The molecule has 0 saturated carbocycles. The van der Waals surface area contributed by atoms with Crippen LogP contribution in [0.3, 0.4) is 0 Å². The molecule has 0 unspecified atom stereocenters. The van der Waals surface area contributed by atoms with Gasteiger partial charge in [0, 0.05) is 11.6 Å². The monoisotopic (exact) mass is 234 g/mol. The van der Waals surface area contributed by atoms with E-state index in [9.17, 15) is 4.79 Å². The van der Waals surface area contributed by atoms with E-state index in [0.29, 0.717) is 5.57 Å². The highest BCUT2D eigenvalue weighted by molar-refractivity contribution is 6.21.